The minimum absolute atomic E-state index is 0.0569. The molecule has 1 fully saturated rings. The largest absolute Gasteiger partial charge is 0.459 e. The van der Waals surface area contributed by atoms with Gasteiger partial charge in [0.25, 0.3) is 5.91 Å². The lowest BCUT2D eigenvalue weighted by atomic mass is 9.94. The summed E-state index contributed by atoms with van der Waals surface area (Å²) in [5, 5.41) is 6.22. The molecule has 0 saturated heterocycles. The zero-order chi connectivity index (χ0) is 24.6. The second-order valence-electron chi connectivity index (χ2n) is 8.43. The highest BCUT2D eigenvalue weighted by Crippen LogP contribution is 2.30. The molecule has 2 heterocycles. The molecule has 1 saturated carbocycles. The molecule has 0 bridgehead atoms. The Morgan fingerprint density at radius 3 is 2.40 bits per heavy atom. The predicted octanol–water partition coefficient (Wildman–Crippen LogP) is 4.28. The van der Waals surface area contributed by atoms with Crippen LogP contribution in [0.3, 0.4) is 0 Å². The number of nitrogens with one attached hydrogen (secondary N) is 2. The number of pyridine rings is 1. The van der Waals surface area contributed by atoms with Gasteiger partial charge < -0.3 is 15.1 Å². The molecule has 1 atom stereocenters. The first-order valence-corrected chi connectivity index (χ1v) is 12.0. The Balaban J connectivity index is 1.65. The molecule has 3 amide bonds. The number of rotatable bonds is 8. The number of hydrogen-bond acceptors (Lipinski definition) is 5. The lowest BCUT2D eigenvalue weighted by Crippen LogP contribution is -2.49. The van der Waals surface area contributed by atoms with Gasteiger partial charge >= 0.3 is 0 Å². The number of carbonyl (C=O) groups is 3. The first-order chi connectivity index (χ1) is 17.0. The highest BCUT2D eigenvalue weighted by atomic mass is 35.5. The minimum atomic E-state index is -0.964. The summed E-state index contributed by atoms with van der Waals surface area (Å²) in [6, 6.07) is 12.3. The van der Waals surface area contributed by atoms with Gasteiger partial charge in [0.15, 0.2) is 5.76 Å². The Hall–Kier alpha value is -3.65. The van der Waals surface area contributed by atoms with Crippen molar-refractivity contribution >= 4 is 35.0 Å². The maximum atomic E-state index is 13.7. The SMILES string of the molecule is O=C(NCC(=O)N(c1ccc(Cl)cc1)[C@H](C(=O)NC1CCCCC1)c1ccncc1)c1ccco1. The Labute approximate surface area is 208 Å². The maximum absolute atomic E-state index is 13.7. The van der Waals surface area contributed by atoms with Crippen LogP contribution >= 0.6 is 11.6 Å². The van der Waals surface area contributed by atoms with Crippen molar-refractivity contribution < 1.29 is 18.8 Å². The molecule has 0 unspecified atom stereocenters. The first kappa shape index (κ1) is 24.5. The van der Waals surface area contributed by atoms with Crippen molar-refractivity contribution in [1.82, 2.24) is 15.6 Å². The number of carbonyl (C=O) groups excluding carboxylic acids is 3. The Bertz CT molecular complexity index is 1130. The normalized spacial score (nSPS) is 14.7. The molecule has 0 radical (unpaired) electrons. The minimum Gasteiger partial charge on any atom is -0.459 e. The van der Waals surface area contributed by atoms with E-state index in [-0.39, 0.29) is 24.3 Å². The summed E-state index contributed by atoms with van der Waals surface area (Å²) in [5.74, 6) is -1.18. The molecular weight excluding hydrogens is 468 g/mol. The number of nitrogens with zero attached hydrogens (tertiary/aromatic N) is 2. The predicted molar refractivity (Wildman–Crippen MR) is 132 cm³/mol. The summed E-state index contributed by atoms with van der Waals surface area (Å²) < 4.78 is 5.10. The number of amides is 3. The molecule has 0 aliphatic heterocycles. The van der Waals surface area contributed by atoms with E-state index in [1.54, 1.807) is 54.9 Å². The third kappa shape index (κ3) is 6.27. The zero-order valence-corrected chi connectivity index (χ0v) is 19.9. The Morgan fingerprint density at radius 1 is 1.03 bits per heavy atom. The summed E-state index contributed by atoms with van der Waals surface area (Å²) in [4.78, 5) is 45.1. The lowest BCUT2D eigenvalue weighted by Gasteiger charge is -2.33. The smallest absolute Gasteiger partial charge is 0.287 e. The molecule has 3 aromatic rings. The highest BCUT2D eigenvalue weighted by Gasteiger charge is 2.34. The van der Waals surface area contributed by atoms with Crippen LogP contribution in [0.25, 0.3) is 0 Å². The number of furan rings is 1. The van der Waals surface area contributed by atoms with Gasteiger partial charge in [-0.1, -0.05) is 30.9 Å². The van der Waals surface area contributed by atoms with E-state index in [4.69, 9.17) is 16.0 Å². The van der Waals surface area contributed by atoms with Crippen LogP contribution in [0.15, 0.2) is 71.6 Å². The zero-order valence-electron chi connectivity index (χ0n) is 19.2. The monoisotopic (exact) mass is 494 g/mol. The summed E-state index contributed by atoms with van der Waals surface area (Å²) >= 11 is 6.09. The number of benzene rings is 1. The molecule has 182 valence electrons. The number of hydrogen-bond donors (Lipinski definition) is 2. The summed E-state index contributed by atoms with van der Waals surface area (Å²) in [6.45, 7) is -0.333. The van der Waals surface area contributed by atoms with Crippen LogP contribution in [0.5, 0.6) is 0 Å². The van der Waals surface area contributed by atoms with Crippen LogP contribution in [0.4, 0.5) is 5.69 Å². The molecule has 35 heavy (non-hydrogen) atoms. The van der Waals surface area contributed by atoms with Crippen molar-refractivity contribution in [3.63, 3.8) is 0 Å². The molecule has 8 nitrogen and oxygen atoms in total. The fourth-order valence-electron chi connectivity index (χ4n) is 4.27. The van der Waals surface area contributed by atoms with Crippen molar-refractivity contribution in [2.75, 3.05) is 11.4 Å². The van der Waals surface area contributed by atoms with Crippen molar-refractivity contribution in [3.8, 4) is 0 Å². The van der Waals surface area contributed by atoms with Gasteiger partial charge in [0, 0.05) is 29.1 Å². The first-order valence-electron chi connectivity index (χ1n) is 11.6. The van der Waals surface area contributed by atoms with E-state index < -0.39 is 17.9 Å². The Morgan fingerprint density at radius 2 is 1.74 bits per heavy atom. The van der Waals surface area contributed by atoms with Gasteiger partial charge in [0.05, 0.1) is 12.8 Å². The molecule has 1 aliphatic carbocycles. The fourth-order valence-corrected chi connectivity index (χ4v) is 4.39. The summed E-state index contributed by atoms with van der Waals surface area (Å²) in [7, 11) is 0. The third-order valence-electron chi connectivity index (χ3n) is 6.00. The van der Waals surface area contributed by atoms with E-state index in [1.807, 2.05) is 0 Å². The van der Waals surface area contributed by atoms with Crippen LogP contribution in [0.1, 0.15) is 54.3 Å². The fraction of sp³-hybridized carbons (Fsp3) is 0.308. The van der Waals surface area contributed by atoms with E-state index in [0.717, 1.165) is 32.1 Å². The van der Waals surface area contributed by atoms with Crippen molar-refractivity contribution in [1.29, 1.82) is 0 Å². The van der Waals surface area contributed by atoms with Gasteiger partial charge in [-0.05, 0) is 66.9 Å². The molecule has 1 aromatic carbocycles. The van der Waals surface area contributed by atoms with Crippen LogP contribution in [0, 0.1) is 0 Å². The molecule has 4 rings (SSSR count). The van der Waals surface area contributed by atoms with Crippen LogP contribution in [-0.2, 0) is 9.59 Å². The Kier molecular flexibility index (Phi) is 8.15. The molecule has 1 aliphatic rings. The van der Waals surface area contributed by atoms with E-state index in [2.05, 4.69) is 15.6 Å². The van der Waals surface area contributed by atoms with E-state index >= 15 is 0 Å². The van der Waals surface area contributed by atoms with Crippen LogP contribution in [-0.4, -0.2) is 35.3 Å². The second kappa shape index (κ2) is 11.7. The number of halogens is 1. The van der Waals surface area contributed by atoms with Gasteiger partial charge in [-0.15, -0.1) is 0 Å². The van der Waals surface area contributed by atoms with Gasteiger partial charge in [0.2, 0.25) is 11.8 Å². The second-order valence-corrected chi connectivity index (χ2v) is 8.86. The van der Waals surface area contributed by atoms with Gasteiger partial charge in [-0.25, -0.2) is 0 Å². The molecule has 0 spiro atoms. The van der Waals surface area contributed by atoms with Crippen molar-refractivity contribution in [2.45, 2.75) is 44.2 Å². The van der Waals surface area contributed by atoms with Gasteiger partial charge in [0.1, 0.15) is 6.04 Å². The molecular formula is C26H27ClN4O4. The van der Waals surface area contributed by atoms with Crippen LogP contribution in [0.2, 0.25) is 5.02 Å². The van der Waals surface area contributed by atoms with Gasteiger partial charge in [-0.3, -0.25) is 24.3 Å². The summed E-state index contributed by atoms with van der Waals surface area (Å²) in [6.07, 6.45) is 9.63. The summed E-state index contributed by atoms with van der Waals surface area (Å²) in [5.41, 5.74) is 1.08. The standard InChI is InChI=1S/C26H27ClN4O4/c27-19-8-10-21(11-9-19)31(23(32)17-29-25(33)22-7-4-16-35-22)24(18-12-14-28-15-13-18)26(34)30-20-5-2-1-3-6-20/h4,7-16,20,24H,1-3,5-6,17H2,(H,29,33)(H,30,34)/t24-/m0/s1. The lowest BCUT2D eigenvalue weighted by molar-refractivity contribution is -0.127. The highest BCUT2D eigenvalue weighted by molar-refractivity contribution is 6.30. The topological polar surface area (TPSA) is 105 Å². The van der Waals surface area contributed by atoms with Crippen LogP contribution < -0.4 is 15.5 Å². The van der Waals surface area contributed by atoms with E-state index in [1.165, 1.54) is 17.2 Å². The van der Waals surface area contributed by atoms with Gasteiger partial charge in [-0.2, -0.15) is 0 Å². The average Bonchev–Trinajstić information content (AvgIpc) is 3.43. The quantitative estimate of drug-likeness (QED) is 0.486. The molecule has 2 aromatic heterocycles. The number of anilines is 1. The van der Waals surface area contributed by atoms with Crippen molar-refractivity contribution in [2.24, 2.45) is 0 Å². The van der Waals surface area contributed by atoms with Crippen molar-refractivity contribution in [3.05, 3.63) is 83.5 Å². The molecule has 9 heteroatoms. The van der Waals surface area contributed by atoms with E-state index in [0.29, 0.717) is 16.3 Å². The number of aromatic nitrogens is 1. The van der Waals surface area contributed by atoms with E-state index in [9.17, 15) is 14.4 Å². The molecule has 2 N–H and O–H groups in total. The maximum Gasteiger partial charge on any atom is 0.287 e. The average molecular weight is 495 g/mol. The third-order valence-corrected chi connectivity index (χ3v) is 6.25.